The second-order valence-electron chi connectivity index (χ2n) is 12.7. The smallest absolute Gasteiger partial charge is 0.410 e. The van der Waals surface area contributed by atoms with Gasteiger partial charge in [-0.05, 0) is 94.0 Å². The molecule has 0 atom stereocenters. The van der Waals surface area contributed by atoms with Gasteiger partial charge in [-0.1, -0.05) is 29.8 Å². The Balaban J connectivity index is 1.49. The van der Waals surface area contributed by atoms with Crippen LogP contribution in [-0.2, 0) is 11.3 Å². The molecule has 0 N–H and O–H groups in total. The molecule has 0 spiro atoms. The maximum Gasteiger partial charge on any atom is 0.410 e. The number of nitrogens with zero attached hydrogens (tertiary/aromatic N) is 3. The molecule has 0 bridgehead atoms. The first kappa shape index (κ1) is 34.1. The number of halogens is 3. The van der Waals surface area contributed by atoms with Crippen molar-refractivity contribution < 1.29 is 27.8 Å². The lowest BCUT2D eigenvalue weighted by molar-refractivity contribution is 0.0144. The second-order valence-corrected chi connectivity index (χ2v) is 14.1. The van der Waals surface area contributed by atoms with Gasteiger partial charge in [0.15, 0.2) is 0 Å². The van der Waals surface area contributed by atoms with Crippen LogP contribution < -0.4 is 4.74 Å². The largest absolute Gasteiger partial charge is 0.496 e. The number of carbonyl (C=O) groups is 2. The van der Waals surface area contributed by atoms with Crippen LogP contribution in [0.3, 0.4) is 0 Å². The van der Waals surface area contributed by atoms with E-state index in [4.69, 9.17) is 21.1 Å². The van der Waals surface area contributed by atoms with Crippen LogP contribution in [-0.4, -0.2) is 53.6 Å². The minimum Gasteiger partial charge on any atom is -0.496 e. The summed E-state index contributed by atoms with van der Waals surface area (Å²) < 4.78 is 40.8. The molecule has 2 amide bonds. The van der Waals surface area contributed by atoms with Gasteiger partial charge >= 0.3 is 6.09 Å². The number of hydrogen-bond donors (Lipinski definition) is 0. The Kier molecular flexibility index (Phi) is 10.1. The molecule has 47 heavy (non-hydrogen) atoms. The summed E-state index contributed by atoms with van der Waals surface area (Å²) in [5.41, 5.74) is 2.39. The number of thiophene rings is 1. The van der Waals surface area contributed by atoms with Gasteiger partial charge in [0.1, 0.15) is 27.9 Å². The van der Waals surface area contributed by atoms with Crippen LogP contribution >= 0.6 is 22.9 Å². The summed E-state index contributed by atoms with van der Waals surface area (Å²) in [7, 11) is 3.28. The third-order valence-corrected chi connectivity index (χ3v) is 10.1. The highest BCUT2D eigenvalue weighted by Gasteiger charge is 2.35. The number of amides is 2. The lowest BCUT2D eigenvalue weighted by Crippen LogP contribution is -2.47. The van der Waals surface area contributed by atoms with Gasteiger partial charge in [-0.25, -0.2) is 13.6 Å². The van der Waals surface area contributed by atoms with Crippen molar-refractivity contribution in [3.63, 3.8) is 0 Å². The van der Waals surface area contributed by atoms with Gasteiger partial charge in [0.2, 0.25) is 0 Å². The van der Waals surface area contributed by atoms with Crippen molar-refractivity contribution in [1.29, 1.82) is 5.26 Å². The van der Waals surface area contributed by atoms with Crippen molar-refractivity contribution >= 4 is 45.0 Å². The molecular formula is C36H36ClF2N3O4S. The van der Waals surface area contributed by atoms with E-state index in [1.165, 1.54) is 0 Å². The summed E-state index contributed by atoms with van der Waals surface area (Å²) in [5.74, 6) is -1.22. The maximum absolute atomic E-state index is 14.8. The number of rotatable bonds is 7. The molecule has 0 unspecified atom stereocenters. The number of hydrogen-bond acceptors (Lipinski definition) is 6. The van der Waals surface area contributed by atoms with E-state index < -0.39 is 29.2 Å². The highest BCUT2D eigenvalue weighted by molar-refractivity contribution is 7.21. The molecule has 0 saturated heterocycles. The first-order valence-corrected chi connectivity index (χ1v) is 16.5. The van der Waals surface area contributed by atoms with Gasteiger partial charge in [0.25, 0.3) is 5.91 Å². The van der Waals surface area contributed by atoms with E-state index in [2.05, 4.69) is 6.07 Å². The summed E-state index contributed by atoms with van der Waals surface area (Å²) in [5, 5.41) is 8.99. The van der Waals surface area contributed by atoms with E-state index in [9.17, 15) is 23.6 Å². The summed E-state index contributed by atoms with van der Waals surface area (Å²) in [4.78, 5) is 30.6. The van der Waals surface area contributed by atoms with Crippen molar-refractivity contribution in [3.8, 4) is 22.9 Å². The average Bonchev–Trinajstić information content (AvgIpc) is 3.42. The fraction of sp³-hybridized carbons (Fsp3) is 0.361. The van der Waals surface area contributed by atoms with Crippen LogP contribution in [0, 0.1) is 23.0 Å². The minimum atomic E-state index is -0.698. The van der Waals surface area contributed by atoms with E-state index in [0.717, 1.165) is 40.2 Å². The molecule has 1 fully saturated rings. The zero-order chi connectivity index (χ0) is 34.0. The van der Waals surface area contributed by atoms with Crippen LogP contribution in [0.2, 0.25) is 5.02 Å². The van der Waals surface area contributed by atoms with Crippen molar-refractivity contribution in [2.45, 2.75) is 70.7 Å². The van der Waals surface area contributed by atoms with Crippen molar-refractivity contribution in [2.24, 2.45) is 0 Å². The van der Waals surface area contributed by atoms with Crippen LogP contribution in [0.15, 0.2) is 54.6 Å². The summed E-state index contributed by atoms with van der Waals surface area (Å²) >= 11 is 7.45. The van der Waals surface area contributed by atoms with E-state index in [-0.39, 0.29) is 38.6 Å². The van der Waals surface area contributed by atoms with E-state index in [1.807, 2.05) is 51.1 Å². The van der Waals surface area contributed by atoms with Gasteiger partial charge in [-0.3, -0.25) is 4.79 Å². The van der Waals surface area contributed by atoms with Gasteiger partial charge in [0, 0.05) is 31.2 Å². The molecule has 5 rings (SSSR count). The third-order valence-electron chi connectivity index (χ3n) is 8.44. The molecular weight excluding hydrogens is 644 g/mol. The molecule has 3 aromatic carbocycles. The Hall–Kier alpha value is -4.20. The molecule has 0 aliphatic heterocycles. The third kappa shape index (κ3) is 7.37. The molecule has 1 saturated carbocycles. The zero-order valence-corrected chi connectivity index (χ0v) is 28.5. The monoisotopic (exact) mass is 679 g/mol. The van der Waals surface area contributed by atoms with Gasteiger partial charge in [-0.15, -0.1) is 11.3 Å². The fourth-order valence-corrected chi connectivity index (χ4v) is 7.48. The summed E-state index contributed by atoms with van der Waals surface area (Å²) in [6, 6.07) is 16.7. The van der Waals surface area contributed by atoms with Crippen molar-refractivity contribution in [1.82, 2.24) is 9.80 Å². The lowest BCUT2D eigenvalue weighted by Gasteiger charge is -2.40. The Morgan fingerprint density at radius 2 is 1.60 bits per heavy atom. The van der Waals surface area contributed by atoms with Crippen LogP contribution in [0.5, 0.6) is 5.75 Å². The van der Waals surface area contributed by atoms with Gasteiger partial charge < -0.3 is 19.3 Å². The Bertz CT molecular complexity index is 1840. The van der Waals surface area contributed by atoms with Crippen LogP contribution in [0.4, 0.5) is 13.6 Å². The molecule has 11 heteroatoms. The molecule has 7 nitrogen and oxygen atoms in total. The molecule has 1 heterocycles. The highest BCUT2D eigenvalue weighted by atomic mass is 35.5. The normalized spacial score (nSPS) is 16.4. The number of carbonyl (C=O) groups excluding carboxylic acids is 2. The Morgan fingerprint density at radius 3 is 2.19 bits per heavy atom. The van der Waals surface area contributed by atoms with Crippen molar-refractivity contribution in [3.05, 3.63) is 87.3 Å². The number of nitriles is 1. The predicted molar refractivity (Wildman–Crippen MR) is 180 cm³/mol. The van der Waals surface area contributed by atoms with E-state index in [0.29, 0.717) is 37.0 Å². The van der Waals surface area contributed by atoms with Gasteiger partial charge in [-0.2, -0.15) is 5.26 Å². The van der Waals surface area contributed by atoms with Gasteiger partial charge in [0.05, 0.1) is 33.9 Å². The molecule has 1 aromatic heterocycles. The first-order valence-electron chi connectivity index (χ1n) is 15.3. The summed E-state index contributed by atoms with van der Waals surface area (Å²) in [6.45, 7) is 5.60. The number of methoxy groups -OCH3 is 1. The topological polar surface area (TPSA) is 82.9 Å². The number of benzene rings is 3. The molecule has 246 valence electrons. The van der Waals surface area contributed by atoms with Crippen LogP contribution in [0.25, 0.3) is 21.2 Å². The molecule has 1 aliphatic carbocycles. The molecule has 4 aromatic rings. The fourth-order valence-electron chi connectivity index (χ4n) is 5.98. The van der Waals surface area contributed by atoms with E-state index >= 15 is 0 Å². The molecule has 1 aliphatic rings. The quantitative estimate of drug-likeness (QED) is 0.195. The van der Waals surface area contributed by atoms with Crippen molar-refractivity contribution in [2.75, 3.05) is 14.2 Å². The number of ether oxygens (including phenoxy) is 2. The van der Waals surface area contributed by atoms with Crippen LogP contribution in [0.1, 0.15) is 67.3 Å². The molecule has 0 radical (unpaired) electrons. The standard InChI is InChI=1S/C36H36ClF2N3O4S/c1-36(2,3)46-35(44)41(4)25-11-13-26(14-12-25)42(34(43)33-31(37)30-27(38)15-16-28(39)32(30)47-33)20-24-18-23(10-17-29(24)45-5)22-8-6-21(19-40)7-9-22/h6-10,15-18,25-26H,11-14,20H2,1-5H3/t25-,26-. The second kappa shape index (κ2) is 13.9. The Morgan fingerprint density at radius 1 is 0.979 bits per heavy atom. The first-order chi connectivity index (χ1) is 22.3. The van der Waals surface area contributed by atoms with E-state index in [1.54, 1.807) is 36.1 Å². The number of fused-ring (bicyclic) bond motifs is 1. The Labute approximate surface area is 282 Å². The summed E-state index contributed by atoms with van der Waals surface area (Å²) in [6.07, 6.45) is 1.99. The average molecular weight is 680 g/mol. The highest BCUT2D eigenvalue weighted by Crippen LogP contribution is 2.41. The SMILES string of the molecule is COc1ccc(-c2ccc(C#N)cc2)cc1CN(C(=O)c1sc2c(F)ccc(F)c2c1Cl)[C@H]1CC[C@H](N(C)C(=O)OC(C)(C)C)CC1. The maximum atomic E-state index is 14.8. The zero-order valence-electron chi connectivity index (χ0n) is 26.9. The lowest BCUT2D eigenvalue weighted by atomic mass is 9.89. The minimum absolute atomic E-state index is 0.0126. The predicted octanol–water partition coefficient (Wildman–Crippen LogP) is 9.20.